The molecule has 11 heteroatoms. The summed E-state index contributed by atoms with van der Waals surface area (Å²) < 4.78 is 51.2. The second kappa shape index (κ2) is 13.1. The smallest absolute Gasteiger partial charge is 0.244 e. The highest BCUT2D eigenvalue weighted by Gasteiger charge is 2.30. The van der Waals surface area contributed by atoms with Crippen LogP contribution in [0.5, 0.6) is 11.5 Å². The predicted molar refractivity (Wildman–Crippen MR) is 136 cm³/mol. The van der Waals surface area contributed by atoms with Gasteiger partial charge in [-0.3, -0.25) is 13.9 Å². The summed E-state index contributed by atoms with van der Waals surface area (Å²) in [6, 6.07) is 9.40. The normalized spacial score (nSPS) is 11.9. The number of anilines is 1. The Hall–Kier alpha value is -3.34. The van der Waals surface area contributed by atoms with Crippen molar-refractivity contribution < 1.29 is 31.9 Å². The maximum absolute atomic E-state index is 14.4. The van der Waals surface area contributed by atoms with E-state index in [0.29, 0.717) is 12.3 Å². The van der Waals surface area contributed by atoms with Crippen molar-refractivity contribution in [2.45, 2.75) is 39.3 Å². The molecule has 0 bridgehead atoms. The van der Waals surface area contributed by atoms with Crippen LogP contribution in [0.2, 0.25) is 0 Å². The van der Waals surface area contributed by atoms with Gasteiger partial charge in [0, 0.05) is 24.7 Å². The van der Waals surface area contributed by atoms with Crippen LogP contribution in [0.15, 0.2) is 42.5 Å². The fourth-order valence-corrected chi connectivity index (χ4v) is 4.36. The third kappa shape index (κ3) is 7.58. The first kappa shape index (κ1) is 28.9. The number of sulfonamides is 1. The molecule has 0 aliphatic carbocycles. The lowest BCUT2D eigenvalue weighted by atomic mass is 10.1. The fraction of sp³-hybridized carbons (Fsp3) is 0.440. The number of ether oxygens (including phenoxy) is 2. The molecule has 0 unspecified atom stereocenters. The second-order valence-corrected chi connectivity index (χ2v) is 10.1. The molecule has 9 nitrogen and oxygen atoms in total. The summed E-state index contributed by atoms with van der Waals surface area (Å²) in [5, 5.41) is 2.77. The van der Waals surface area contributed by atoms with E-state index in [-0.39, 0.29) is 23.5 Å². The number of unbranched alkanes of at least 4 members (excludes halogenated alkanes) is 1. The minimum absolute atomic E-state index is 0.175. The van der Waals surface area contributed by atoms with Crippen molar-refractivity contribution in [2.24, 2.45) is 0 Å². The van der Waals surface area contributed by atoms with Crippen LogP contribution >= 0.6 is 0 Å². The number of rotatable bonds is 13. The largest absolute Gasteiger partial charge is 0.493 e. The summed E-state index contributed by atoms with van der Waals surface area (Å²) in [5.74, 6) is -0.946. The molecule has 2 aromatic carbocycles. The first-order chi connectivity index (χ1) is 17.0. The van der Waals surface area contributed by atoms with Crippen LogP contribution in [-0.4, -0.2) is 64.7 Å². The molecular formula is C25H34FN3O6S. The zero-order valence-electron chi connectivity index (χ0n) is 21.3. The van der Waals surface area contributed by atoms with Gasteiger partial charge >= 0.3 is 0 Å². The van der Waals surface area contributed by atoms with Crippen LogP contribution in [0.3, 0.4) is 0 Å². The van der Waals surface area contributed by atoms with Gasteiger partial charge in [-0.1, -0.05) is 31.5 Å². The van der Waals surface area contributed by atoms with Crippen molar-refractivity contribution in [2.75, 3.05) is 37.9 Å². The van der Waals surface area contributed by atoms with Gasteiger partial charge in [-0.2, -0.15) is 0 Å². The molecule has 198 valence electrons. The van der Waals surface area contributed by atoms with E-state index in [1.54, 1.807) is 6.07 Å². The number of methoxy groups -OCH3 is 2. The second-order valence-electron chi connectivity index (χ2n) is 8.24. The molecule has 0 aromatic heterocycles. The van der Waals surface area contributed by atoms with Crippen molar-refractivity contribution in [3.63, 3.8) is 0 Å². The van der Waals surface area contributed by atoms with Gasteiger partial charge in [0.15, 0.2) is 11.5 Å². The first-order valence-corrected chi connectivity index (χ1v) is 13.4. The Morgan fingerprint density at radius 1 is 1.08 bits per heavy atom. The zero-order valence-corrected chi connectivity index (χ0v) is 22.1. The van der Waals surface area contributed by atoms with Crippen LogP contribution in [0.4, 0.5) is 10.1 Å². The number of benzene rings is 2. The predicted octanol–water partition coefficient (Wildman–Crippen LogP) is 2.94. The van der Waals surface area contributed by atoms with Gasteiger partial charge in [0.25, 0.3) is 0 Å². The van der Waals surface area contributed by atoms with E-state index >= 15 is 0 Å². The molecule has 0 spiro atoms. The molecule has 0 aliphatic rings. The lowest BCUT2D eigenvalue weighted by molar-refractivity contribution is -0.139. The van der Waals surface area contributed by atoms with Crippen LogP contribution < -0.4 is 19.1 Å². The Kier molecular flexibility index (Phi) is 10.5. The third-order valence-corrected chi connectivity index (χ3v) is 6.77. The highest BCUT2D eigenvalue weighted by Crippen LogP contribution is 2.32. The molecule has 0 fully saturated rings. The highest BCUT2D eigenvalue weighted by molar-refractivity contribution is 7.92. The zero-order chi connectivity index (χ0) is 26.9. The molecule has 0 heterocycles. The van der Waals surface area contributed by atoms with Gasteiger partial charge in [-0.15, -0.1) is 0 Å². The lowest BCUT2D eigenvalue weighted by Crippen LogP contribution is -2.51. The monoisotopic (exact) mass is 523 g/mol. The highest BCUT2D eigenvalue weighted by atomic mass is 32.2. The first-order valence-electron chi connectivity index (χ1n) is 11.5. The maximum Gasteiger partial charge on any atom is 0.244 e. The Bertz CT molecular complexity index is 1160. The number of carbonyl (C=O) groups excluding carboxylic acids is 2. The summed E-state index contributed by atoms with van der Waals surface area (Å²) in [7, 11) is -1.06. The number of carbonyl (C=O) groups is 2. The molecule has 1 N–H and O–H groups in total. The molecular weight excluding hydrogens is 489 g/mol. The minimum atomic E-state index is -3.92. The van der Waals surface area contributed by atoms with Crippen LogP contribution in [-0.2, 0) is 26.2 Å². The molecule has 2 amide bonds. The standard InChI is InChI=1S/C25H34FN3O6S/c1-6-7-14-27-25(31)18(2)28(16-19-10-8-9-11-21(19)26)24(30)17-29(36(5,32)33)20-12-13-22(34-3)23(15-20)35-4/h8-13,15,18H,6-7,14,16-17H2,1-5H3,(H,27,31)/t18-/m0/s1. The molecule has 2 rings (SSSR count). The van der Waals surface area contributed by atoms with E-state index in [9.17, 15) is 22.4 Å². The SMILES string of the molecule is CCCCNC(=O)[C@H](C)N(Cc1ccccc1F)C(=O)CN(c1ccc(OC)c(OC)c1)S(C)(=O)=O. The molecule has 0 radical (unpaired) electrons. The molecule has 0 saturated heterocycles. The summed E-state index contributed by atoms with van der Waals surface area (Å²) >= 11 is 0. The third-order valence-electron chi connectivity index (χ3n) is 5.63. The fourth-order valence-electron chi connectivity index (χ4n) is 3.52. The van der Waals surface area contributed by atoms with Crippen molar-refractivity contribution in [3.05, 3.63) is 53.8 Å². The quantitative estimate of drug-likeness (QED) is 0.405. The molecule has 2 aromatic rings. The Labute approximate surface area is 212 Å². The Morgan fingerprint density at radius 2 is 1.75 bits per heavy atom. The Morgan fingerprint density at radius 3 is 2.33 bits per heavy atom. The number of nitrogens with one attached hydrogen (secondary N) is 1. The number of nitrogens with zero attached hydrogens (tertiary/aromatic N) is 2. The van der Waals surface area contributed by atoms with E-state index in [1.165, 1.54) is 62.4 Å². The van der Waals surface area contributed by atoms with Gasteiger partial charge in [0.1, 0.15) is 18.4 Å². The van der Waals surface area contributed by atoms with Crippen molar-refractivity contribution in [1.82, 2.24) is 10.2 Å². The van der Waals surface area contributed by atoms with Gasteiger partial charge in [-0.25, -0.2) is 12.8 Å². The molecule has 36 heavy (non-hydrogen) atoms. The van der Waals surface area contributed by atoms with E-state index in [1.807, 2.05) is 6.92 Å². The lowest BCUT2D eigenvalue weighted by Gasteiger charge is -2.31. The summed E-state index contributed by atoms with van der Waals surface area (Å²) in [5.41, 5.74) is 0.380. The topological polar surface area (TPSA) is 105 Å². The van der Waals surface area contributed by atoms with Crippen LogP contribution in [0.1, 0.15) is 32.3 Å². The van der Waals surface area contributed by atoms with Crippen LogP contribution in [0, 0.1) is 5.82 Å². The minimum Gasteiger partial charge on any atom is -0.493 e. The molecule has 0 aliphatic heterocycles. The number of amides is 2. The van der Waals surface area contributed by atoms with E-state index in [4.69, 9.17) is 9.47 Å². The number of halogens is 1. The van der Waals surface area contributed by atoms with Gasteiger partial charge in [0.05, 0.1) is 26.2 Å². The average molecular weight is 524 g/mol. The van der Waals surface area contributed by atoms with Gasteiger partial charge in [0.2, 0.25) is 21.8 Å². The van der Waals surface area contributed by atoms with Crippen molar-refractivity contribution >= 4 is 27.5 Å². The van der Waals surface area contributed by atoms with E-state index in [0.717, 1.165) is 23.4 Å². The van der Waals surface area contributed by atoms with Crippen molar-refractivity contribution in [1.29, 1.82) is 0 Å². The van der Waals surface area contributed by atoms with Crippen LogP contribution in [0.25, 0.3) is 0 Å². The van der Waals surface area contributed by atoms with Crippen molar-refractivity contribution in [3.8, 4) is 11.5 Å². The number of hydrogen-bond acceptors (Lipinski definition) is 6. The summed E-state index contributed by atoms with van der Waals surface area (Å²) in [6.07, 6.45) is 2.61. The maximum atomic E-state index is 14.4. The number of hydrogen-bond donors (Lipinski definition) is 1. The Balaban J connectivity index is 2.41. The van der Waals surface area contributed by atoms with Gasteiger partial charge < -0.3 is 19.7 Å². The summed E-state index contributed by atoms with van der Waals surface area (Å²) in [6.45, 7) is 3.13. The molecule has 0 saturated carbocycles. The molecule has 1 atom stereocenters. The average Bonchev–Trinajstić information content (AvgIpc) is 2.85. The van der Waals surface area contributed by atoms with E-state index in [2.05, 4.69) is 5.32 Å². The van der Waals surface area contributed by atoms with Gasteiger partial charge in [-0.05, 0) is 31.5 Å². The van der Waals surface area contributed by atoms with E-state index < -0.39 is 40.2 Å². The summed E-state index contributed by atoms with van der Waals surface area (Å²) in [4.78, 5) is 27.5.